The highest BCUT2D eigenvalue weighted by Gasteiger charge is 2.40. The molecule has 1 heterocycles. The van der Waals surface area contributed by atoms with Crippen molar-refractivity contribution in [3.05, 3.63) is 89.5 Å². The fourth-order valence-electron chi connectivity index (χ4n) is 4.73. The number of nitrogens with one attached hydrogen (secondary N) is 2. The SMILES string of the molecule is COc1ccc(NC(=O)C(C)(C)N(Cc2ccc(C(F)(F)F)cc2)C(=O)CN2CC(c3ccccc3)NC2=S)c(OC)c1. The summed E-state index contributed by atoms with van der Waals surface area (Å²) in [5.74, 6) is -0.0816. The summed E-state index contributed by atoms with van der Waals surface area (Å²) in [4.78, 5) is 30.7. The van der Waals surface area contributed by atoms with Gasteiger partial charge in [0.2, 0.25) is 11.8 Å². The van der Waals surface area contributed by atoms with Crippen LogP contribution in [-0.2, 0) is 22.3 Å². The molecule has 3 aromatic carbocycles. The minimum Gasteiger partial charge on any atom is -0.497 e. The second kappa shape index (κ2) is 12.9. The smallest absolute Gasteiger partial charge is 0.416 e. The van der Waals surface area contributed by atoms with E-state index in [4.69, 9.17) is 21.7 Å². The number of nitrogens with zero attached hydrogens (tertiary/aromatic N) is 2. The maximum atomic E-state index is 13.9. The molecule has 1 aliphatic heterocycles. The number of thiocarbonyl (C=S) groups is 1. The van der Waals surface area contributed by atoms with E-state index in [1.54, 1.807) is 36.9 Å². The van der Waals surface area contributed by atoms with Crippen LogP contribution in [0, 0.1) is 0 Å². The summed E-state index contributed by atoms with van der Waals surface area (Å²) >= 11 is 5.52. The number of alkyl halides is 3. The molecule has 0 radical (unpaired) electrons. The van der Waals surface area contributed by atoms with E-state index in [1.807, 2.05) is 30.3 Å². The largest absolute Gasteiger partial charge is 0.497 e. The molecule has 1 saturated heterocycles. The van der Waals surface area contributed by atoms with Gasteiger partial charge in [-0.15, -0.1) is 0 Å². The van der Waals surface area contributed by atoms with E-state index >= 15 is 0 Å². The molecule has 1 atom stereocenters. The molecular formula is C31H33F3N4O4S. The van der Waals surface area contributed by atoms with Gasteiger partial charge >= 0.3 is 6.18 Å². The predicted molar refractivity (Wildman–Crippen MR) is 161 cm³/mol. The summed E-state index contributed by atoms with van der Waals surface area (Å²) < 4.78 is 50.2. The van der Waals surface area contributed by atoms with Gasteiger partial charge in [0.25, 0.3) is 0 Å². The number of hydrogen-bond donors (Lipinski definition) is 2. The van der Waals surface area contributed by atoms with Crippen LogP contribution in [0.3, 0.4) is 0 Å². The fourth-order valence-corrected chi connectivity index (χ4v) is 5.01. The van der Waals surface area contributed by atoms with Gasteiger partial charge in [0.15, 0.2) is 5.11 Å². The second-order valence-electron chi connectivity index (χ2n) is 10.5. The first-order valence-electron chi connectivity index (χ1n) is 13.4. The number of benzene rings is 3. The maximum absolute atomic E-state index is 13.9. The van der Waals surface area contributed by atoms with Gasteiger partial charge in [-0.25, -0.2) is 0 Å². The van der Waals surface area contributed by atoms with Crippen LogP contribution >= 0.6 is 12.2 Å². The van der Waals surface area contributed by atoms with Crippen molar-refractivity contribution in [3.63, 3.8) is 0 Å². The third-order valence-electron chi connectivity index (χ3n) is 7.33. The molecule has 0 spiro atoms. The molecule has 12 heteroatoms. The fraction of sp³-hybridized carbons (Fsp3) is 0.323. The third kappa shape index (κ3) is 7.37. The Morgan fingerprint density at radius 3 is 2.30 bits per heavy atom. The molecule has 0 aliphatic carbocycles. The van der Waals surface area contributed by atoms with Gasteiger partial charge < -0.3 is 29.9 Å². The predicted octanol–water partition coefficient (Wildman–Crippen LogP) is 5.40. The van der Waals surface area contributed by atoms with Crippen LogP contribution in [0.4, 0.5) is 18.9 Å². The molecule has 8 nitrogen and oxygen atoms in total. The molecule has 0 bridgehead atoms. The Morgan fingerprint density at radius 1 is 1.02 bits per heavy atom. The van der Waals surface area contributed by atoms with Crippen LogP contribution in [0.5, 0.6) is 11.5 Å². The van der Waals surface area contributed by atoms with Crippen LogP contribution in [0.1, 0.15) is 36.6 Å². The summed E-state index contributed by atoms with van der Waals surface area (Å²) in [6.45, 7) is 3.32. The lowest BCUT2D eigenvalue weighted by Gasteiger charge is -2.38. The Morgan fingerprint density at radius 2 is 1.70 bits per heavy atom. The number of amides is 2. The zero-order chi connectivity index (χ0) is 31.4. The van der Waals surface area contributed by atoms with E-state index in [2.05, 4.69) is 10.6 Å². The Balaban J connectivity index is 1.60. The molecule has 228 valence electrons. The average Bonchev–Trinajstić information content (AvgIpc) is 3.35. The van der Waals surface area contributed by atoms with Gasteiger partial charge in [-0.2, -0.15) is 13.2 Å². The number of methoxy groups -OCH3 is 2. The van der Waals surface area contributed by atoms with Crippen molar-refractivity contribution < 1.29 is 32.2 Å². The molecule has 2 amide bonds. The van der Waals surface area contributed by atoms with E-state index < -0.39 is 29.1 Å². The van der Waals surface area contributed by atoms with Crippen molar-refractivity contribution in [2.24, 2.45) is 0 Å². The lowest BCUT2D eigenvalue weighted by Crippen LogP contribution is -2.57. The van der Waals surface area contributed by atoms with Gasteiger partial charge in [0.1, 0.15) is 17.0 Å². The summed E-state index contributed by atoms with van der Waals surface area (Å²) in [6.07, 6.45) is -4.50. The molecule has 1 aliphatic rings. The van der Waals surface area contributed by atoms with E-state index in [-0.39, 0.29) is 19.1 Å². The highest BCUT2D eigenvalue weighted by molar-refractivity contribution is 7.80. The van der Waals surface area contributed by atoms with E-state index in [1.165, 1.54) is 31.3 Å². The average molecular weight is 615 g/mol. The molecule has 0 saturated carbocycles. The van der Waals surface area contributed by atoms with Crippen molar-refractivity contribution in [1.82, 2.24) is 15.1 Å². The lowest BCUT2D eigenvalue weighted by molar-refractivity contribution is -0.144. The summed E-state index contributed by atoms with van der Waals surface area (Å²) in [5, 5.41) is 6.44. The zero-order valence-electron chi connectivity index (χ0n) is 24.2. The summed E-state index contributed by atoms with van der Waals surface area (Å²) in [5.41, 5.74) is -0.460. The number of anilines is 1. The molecule has 3 aromatic rings. The Bertz CT molecular complexity index is 1470. The quantitative estimate of drug-likeness (QED) is 0.296. The topological polar surface area (TPSA) is 83.1 Å². The molecule has 4 rings (SSSR count). The van der Waals surface area contributed by atoms with E-state index in [0.717, 1.165) is 17.7 Å². The number of carbonyl (C=O) groups is 2. The first-order valence-corrected chi connectivity index (χ1v) is 13.8. The first-order chi connectivity index (χ1) is 20.3. The minimum absolute atomic E-state index is 0.118. The van der Waals surface area contributed by atoms with Gasteiger partial charge in [0.05, 0.1) is 38.1 Å². The van der Waals surface area contributed by atoms with Crippen molar-refractivity contribution >= 4 is 34.8 Å². The van der Waals surface area contributed by atoms with Crippen molar-refractivity contribution in [3.8, 4) is 11.5 Å². The standard InChI is InChI=1S/C31H33F3N4O4S/c1-30(2,28(40)35-24-15-14-23(41-3)16-26(24)42-4)38(17-20-10-12-22(13-11-20)31(32,33)34)27(39)19-37-18-25(36-29(37)43)21-8-6-5-7-9-21/h5-16,25H,17-19H2,1-4H3,(H,35,40)(H,36,43). The van der Waals surface area contributed by atoms with Gasteiger partial charge in [-0.3, -0.25) is 9.59 Å². The van der Waals surface area contributed by atoms with Crippen LogP contribution in [0.15, 0.2) is 72.8 Å². The zero-order valence-corrected chi connectivity index (χ0v) is 25.0. The Hall–Kier alpha value is -4.32. The third-order valence-corrected chi connectivity index (χ3v) is 7.70. The van der Waals surface area contributed by atoms with Crippen LogP contribution < -0.4 is 20.1 Å². The normalized spacial score (nSPS) is 15.1. The van der Waals surface area contributed by atoms with E-state index in [0.29, 0.717) is 34.4 Å². The van der Waals surface area contributed by atoms with Crippen molar-refractivity contribution in [2.75, 3.05) is 32.6 Å². The molecule has 1 fully saturated rings. The number of halogens is 3. The van der Waals surface area contributed by atoms with Crippen LogP contribution in [-0.4, -0.2) is 59.6 Å². The first kappa shape index (κ1) is 31.6. The molecule has 1 unspecified atom stereocenters. The monoisotopic (exact) mass is 614 g/mol. The molecule has 0 aromatic heterocycles. The van der Waals surface area contributed by atoms with Crippen LogP contribution in [0.25, 0.3) is 0 Å². The number of hydrogen-bond acceptors (Lipinski definition) is 5. The number of ether oxygens (including phenoxy) is 2. The summed E-state index contributed by atoms with van der Waals surface area (Å²) in [6, 6.07) is 18.9. The minimum atomic E-state index is -4.50. The van der Waals surface area contributed by atoms with Gasteiger partial charge in [-0.05, 0) is 61.5 Å². The second-order valence-corrected chi connectivity index (χ2v) is 10.9. The maximum Gasteiger partial charge on any atom is 0.416 e. The highest BCUT2D eigenvalue weighted by atomic mass is 32.1. The number of rotatable bonds is 10. The summed E-state index contributed by atoms with van der Waals surface area (Å²) in [7, 11) is 2.95. The molecule has 43 heavy (non-hydrogen) atoms. The lowest BCUT2D eigenvalue weighted by atomic mass is 9.99. The molecule has 2 N–H and O–H groups in total. The highest BCUT2D eigenvalue weighted by Crippen LogP contribution is 2.32. The Labute approximate surface area is 253 Å². The van der Waals surface area contributed by atoms with Crippen LogP contribution in [0.2, 0.25) is 0 Å². The number of carbonyl (C=O) groups excluding carboxylic acids is 2. The van der Waals surface area contributed by atoms with E-state index in [9.17, 15) is 22.8 Å². The van der Waals surface area contributed by atoms with Crippen molar-refractivity contribution in [1.29, 1.82) is 0 Å². The van der Waals surface area contributed by atoms with Gasteiger partial charge in [0, 0.05) is 19.2 Å². The van der Waals surface area contributed by atoms with Crippen molar-refractivity contribution in [2.45, 2.75) is 38.1 Å². The van der Waals surface area contributed by atoms with Gasteiger partial charge in [-0.1, -0.05) is 42.5 Å². The molecular weight excluding hydrogens is 581 g/mol. The Kier molecular flexibility index (Phi) is 9.49.